The normalized spacial score (nSPS) is 15.6. The molecule has 1 saturated heterocycles. The maximum Gasteiger partial charge on any atom is 0.228 e. The number of piperidine rings is 1. The molecule has 1 aliphatic heterocycles. The Hall–Kier alpha value is -1.39. The number of likely N-dealkylation sites (tertiary alicyclic amines) is 1. The topological polar surface area (TPSA) is 78.6 Å². The minimum absolute atomic E-state index is 0. The first kappa shape index (κ1) is 24.9. The summed E-state index contributed by atoms with van der Waals surface area (Å²) in [5.74, 6) is 2.82. The number of halogens is 2. The minimum atomic E-state index is 0. The molecule has 0 amide bonds. The van der Waals surface area contributed by atoms with Crippen LogP contribution >= 0.6 is 35.6 Å². The Bertz CT molecular complexity index is 791. The van der Waals surface area contributed by atoms with Crippen molar-refractivity contribution >= 4 is 41.5 Å². The first-order valence-corrected chi connectivity index (χ1v) is 10.8. The van der Waals surface area contributed by atoms with Crippen LogP contribution in [-0.2, 0) is 6.42 Å². The van der Waals surface area contributed by atoms with Crippen LogP contribution in [0.3, 0.4) is 0 Å². The van der Waals surface area contributed by atoms with Crippen molar-refractivity contribution in [3.8, 4) is 11.4 Å². The van der Waals surface area contributed by atoms with Gasteiger partial charge in [0.15, 0.2) is 5.96 Å². The predicted molar refractivity (Wildman–Crippen MR) is 133 cm³/mol. The van der Waals surface area contributed by atoms with E-state index >= 15 is 0 Å². The van der Waals surface area contributed by atoms with E-state index in [0.717, 1.165) is 37.0 Å². The highest BCUT2D eigenvalue weighted by Gasteiger charge is 2.14. The van der Waals surface area contributed by atoms with Gasteiger partial charge in [-0.1, -0.05) is 35.8 Å². The van der Waals surface area contributed by atoms with Crippen molar-refractivity contribution in [3.63, 3.8) is 0 Å². The van der Waals surface area contributed by atoms with Gasteiger partial charge >= 0.3 is 0 Å². The molecule has 0 unspecified atom stereocenters. The van der Waals surface area contributed by atoms with Crippen LogP contribution in [0.4, 0.5) is 0 Å². The number of nitrogens with one attached hydrogen (secondary N) is 2. The molecule has 1 aromatic carbocycles. The second-order valence-corrected chi connectivity index (χ2v) is 8.01. The van der Waals surface area contributed by atoms with E-state index in [-0.39, 0.29) is 24.0 Å². The quantitative estimate of drug-likeness (QED) is 0.227. The Labute approximate surface area is 201 Å². The summed E-state index contributed by atoms with van der Waals surface area (Å²) in [5.41, 5.74) is 0.848. The van der Waals surface area contributed by atoms with Crippen molar-refractivity contribution in [2.24, 2.45) is 10.9 Å². The van der Waals surface area contributed by atoms with Crippen molar-refractivity contribution in [2.45, 2.75) is 32.6 Å². The second-order valence-electron chi connectivity index (χ2n) is 7.58. The number of nitrogens with zero attached hydrogens (tertiary/aromatic N) is 4. The molecule has 166 valence electrons. The molecule has 0 saturated carbocycles. The van der Waals surface area contributed by atoms with Crippen molar-refractivity contribution in [1.29, 1.82) is 0 Å². The van der Waals surface area contributed by atoms with Gasteiger partial charge in [-0.3, -0.25) is 4.99 Å². The van der Waals surface area contributed by atoms with Gasteiger partial charge in [0.05, 0.1) is 0 Å². The van der Waals surface area contributed by atoms with E-state index in [4.69, 9.17) is 16.1 Å². The summed E-state index contributed by atoms with van der Waals surface area (Å²) in [6, 6.07) is 7.43. The maximum atomic E-state index is 6.02. The van der Waals surface area contributed by atoms with Crippen LogP contribution in [-0.4, -0.2) is 60.8 Å². The molecule has 7 nitrogen and oxygen atoms in total. The lowest BCUT2D eigenvalue weighted by molar-refractivity contribution is 0.191. The fourth-order valence-electron chi connectivity index (χ4n) is 3.40. The zero-order chi connectivity index (χ0) is 20.5. The number of benzene rings is 1. The Morgan fingerprint density at radius 3 is 2.77 bits per heavy atom. The highest BCUT2D eigenvalue weighted by atomic mass is 127. The SMILES string of the molecule is CN=C(NCCCN1CCC(C)CC1)NCCc1nc(-c2cccc(Cl)c2)no1.I. The second kappa shape index (κ2) is 13.1. The first-order valence-electron chi connectivity index (χ1n) is 10.4. The largest absolute Gasteiger partial charge is 0.356 e. The lowest BCUT2D eigenvalue weighted by atomic mass is 9.99. The summed E-state index contributed by atoms with van der Waals surface area (Å²) in [6.45, 7) is 7.53. The third-order valence-corrected chi connectivity index (χ3v) is 5.46. The zero-order valence-corrected chi connectivity index (χ0v) is 20.8. The van der Waals surface area contributed by atoms with E-state index < -0.39 is 0 Å². The van der Waals surface area contributed by atoms with Gasteiger partial charge in [0, 0.05) is 37.1 Å². The minimum Gasteiger partial charge on any atom is -0.356 e. The smallest absolute Gasteiger partial charge is 0.228 e. The molecule has 1 aliphatic rings. The van der Waals surface area contributed by atoms with E-state index in [1.807, 2.05) is 24.3 Å². The van der Waals surface area contributed by atoms with Gasteiger partial charge in [0.1, 0.15) is 0 Å². The average Bonchev–Trinajstić information content (AvgIpc) is 3.20. The Kier molecular flexibility index (Phi) is 10.9. The van der Waals surface area contributed by atoms with Gasteiger partial charge in [-0.2, -0.15) is 4.98 Å². The molecule has 0 spiro atoms. The van der Waals surface area contributed by atoms with Crippen LogP contribution < -0.4 is 10.6 Å². The number of guanidine groups is 1. The summed E-state index contributed by atoms with van der Waals surface area (Å²) >= 11 is 6.02. The lowest BCUT2D eigenvalue weighted by Crippen LogP contribution is -2.40. The Morgan fingerprint density at radius 2 is 2.03 bits per heavy atom. The number of hydrogen-bond acceptors (Lipinski definition) is 5. The molecule has 0 aliphatic carbocycles. The first-order chi connectivity index (χ1) is 14.1. The van der Waals surface area contributed by atoms with Gasteiger partial charge in [-0.05, 0) is 56.9 Å². The molecular weight excluding hydrogens is 515 g/mol. The summed E-state index contributed by atoms with van der Waals surface area (Å²) in [6.07, 6.45) is 4.39. The molecule has 2 heterocycles. The lowest BCUT2D eigenvalue weighted by Gasteiger charge is -2.30. The predicted octanol–water partition coefficient (Wildman–Crippen LogP) is 3.84. The van der Waals surface area contributed by atoms with Crippen molar-refractivity contribution in [3.05, 3.63) is 35.2 Å². The molecular formula is C21H32ClIN6O. The van der Waals surface area contributed by atoms with Gasteiger partial charge in [0.2, 0.25) is 11.7 Å². The fourth-order valence-corrected chi connectivity index (χ4v) is 3.60. The van der Waals surface area contributed by atoms with Crippen LogP contribution in [0.15, 0.2) is 33.8 Å². The molecule has 0 atom stereocenters. The van der Waals surface area contributed by atoms with Crippen LogP contribution in [0.1, 0.15) is 32.1 Å². The third-order valence-electron chi connectivity index (χ3n) is 5.23. The monoisotopic (exact) mass is 546 g/mol. The zero-order valence-electron chi connectivity index (χ0n) is 17.7. The number of aromatic nitrogens is 2. The summed E-state index contributed by atoms with van der Waals surface area (Å²) in [4.78, 5) is 11.3. The van der Waals surface area contributed by atoms with E-state index in [2.05, 4.69) is 37.6 Å². The molecule has 0 bridgehead atoms. The van der Waals surface area contributed by atoms with Crippen LogP contribution in [0.25, 0.3) is 11.4 Å². The summed E-state index contributed by atoms with van der Waals surface area (Å²) < 4.78 is 5.34. The van der Waals surface area contributed by atoms with Crippen molar-refractivity contribution in [1.82, 2.24) is 25.7 Å². The van der Waals surface area contributed by atoms with Crippen LogP contribution in [0, 0.1) is 5.92 Å². The molecule has 2 aromatic rings. The summed E-state index contributed by atoms with van der Waals surface area (Å²) in [5, 5.41) is 11.4. The molecule has 2 N–H and O–H groups in total. The Morgan fingerprint density at radius 1 is 1.27 bits per heavy atom. The summed E-state index contributed by atoms with van der Waals surface area (Å²) in [7, 11) is 1.78. The third kappa shape index (κ3) is 8.03. The van der Waals surface area contributed by atoms with Crippen molar-refractivity contribution in [2.75, 3.05) is 39.8 Å². The van der Waals surface area contributed by atoms with Gasteiger partial charge in [-0.15, -0.1) is 24.0 Å². The fraction of sp³-hybridized carbons (Fsp3) is 0.571. The van der Waals surface area contributed by atoms with Crippen LogP contribution in [0.2, 0.25) is 5.02 Å². The molecule has 0 radical (unpaired) electrons. The van der Waals surface area contributed by atoms with Gasteiger partial charge in [-0.25, -0.2) is 0 Å². The standard InChI is InChI=1S/C21H31ClN6O.HI/c1-16-8-13-28(14-9-16)12-4-10-24-21(23-2)25-11-7-19-26-20(27-29-19)17-5-3-6-18(22)15-17;/h3,5-6,15-16H,4,7-14H2,1-2H3,(H2,23,24,25);1H. The molecule has 1 aromatic heterocycles. The van der Waals surface area contributed by atoms with Gasteiger partial charge < -0.3 is 20.1 Å². The van der Waals surface area contributed by atoms with Crippen LogP contribution in [0.5, 0.6) is 0 Å². The molecule has 9 heteroatoms. The molecule has 1 fully saturated rings. The highest BCUT2D eigenvalue weighted by Crippen LogP contribution is 2.20. The van der Waals surface area contributed by atoms with Gasteiger partial charge in [0.25, 0.3) is 0 Å². The number of hydrogen-bond donors (Lipinski definition) is 2. The highest BCUT2D eigenvalue weighted by molar-refractivity contribution is 14.0. The Balaban J connectivity index is 0.00000320. The van der Waals surface area contributed by atoms with E-state index in [9.17, 15) is 0 Å². The molecule has 30 heavy (non-hydrogen) atoms. The number of rotatable bonds is 8. The number of aliphatic imine (C=N–C) groups is 1. The van der Waals surface area contributed by atoms with E-state index in [0.29, 0.717) is 29.7 Å². The van der Waals surface area contributed by atoms with E-state index in [1.54, 1.807) is 7.05 Å². The maximum absolute atomic E-state index is 6.02. The van der Waals surface area contributed by atoms with E-state index in [1.165, 1.54) is 25.9 Å². The van der Waals surface area contributed by atoms with Crippen molar-refractivity contribution < 1.29 is 4.52 Å². The molecule has 3 rings (SSSR count). The average molecular weight is 547 g/mol.